The number of ether oxygens (including phenoxy) is 1. The molecule has 0 radical (unpaired) electrons. The van der Waals surface area contributed by atoms with E-state index < -0.39 is 0 Å². The molecule has 5 heteroatoms. The molecule has 5 nitrogen and oxygen atoms in total. The highest BCUT2D eigenvalue weighted by Gasteiger charge is 2.47. The van der Waals surface area contributed by atoms with Crippen molar-refractivity contribution in [2.24, 2.45) is 11.8 Å². The van der Waals surface area contributed by atoms with Crippen LogP contribution in [-0.4, -0.2) is 25.5 Å². The van der Waals surface area contributed by atoms with Crippen molar-refractivity contribution in [1.29, 1.82) is 0 Å². The van der Waals surface area contributed by atoms with E-state index in [1.807, 2.05) is 50.2 Å². The van der Waals surface area contributed by atoms with Crippen LogP contribution in [0.25, 0.3) is 0 Å². The van der Waals surface area contributed by atoms with Crippen LogP contribution >= 0.6 is 0 Å². The summed E-state index contributed by atoms with van der Waals surface area (Å²) in [4.78, 5) is 24.7. The van der Waals surface area contributed by atoms with Gasteiger partial charge in [-0.15, -0.1) is 0 Å². The Morgan fingerprint density at radius 3 is 2.41 bits per heavy atom. The second-order valence-corrected chi connectivity index (χ2v) is 7.17. The molecule has 1 aliphatic rings. The second-order valence-electron chi connectivity index (χ2n) is 7.17. The summed E-state index contributed by atoms with van der Waals surface area (Å²) in [6.45, 7) is 4.52. The van der Waals surface area contributed by atoms with Gasteiger partial charge in [0.05, 0.1) is 18.9 Å². The number of benzene rings is 2. The van der Waals surface area contributed by atoms with Gasteiger partial charge in [-0.2, -0.15) is 0 Å². The van der Waals surface area contributed by atoms with Crippen LogP contribution in [-0.2, 0) is 16.0 Å². The molecule has 0 aromatic heterocycles. The molecule has 2 amide bonds. The highest BCUT2D eigenvalue weighted by molar-refractivity contribution is 5.99. The molecule has 0 spiro atoms. The Hall–Kier alpha value is -2.82. The molecule has 1 fully saturated rings. The van der Waals surface area contributed by atoms with Crippen molar-refractivity contribution in [3.05, 3.63) is 59.2 Å². The van der Waals surface area contributed by atoms with Crippen molar-refractivity contribution in [3.8, 4) is 5.75 Å². The van der Waals surface area contributed by atoms with Crippen LogP contribution in [0, 0.1) is 25.7 Å². The molecule has 0 bridgehead atoms. The van der Waals surface area contributed by atoms with Crippen molar-refractivity contribution in [1.82, 2.24) is 5.32 Å². The molecule has 1 saturated carbocycles. The number of aryl methyl sites for hydroxylation is 2. The van der Waals surface area contributed by atoms with Crippen LogP contribution < -0.4 is 15.4 Å². The fraction of sp³-hybridized carbons (Fsp3) is 0.364. The van der Waals surface area contributed by atoms with Crippen molar-refractivity contribution < 1.29 is 14.3 Å². The van der Waals surface area contributed by atoms with Gasteiger partial charge in [0, 0.05) is 12.2 Å². The third-order valence-corrected chi connectivity index (χ3v) is 4.84. The van der Waals surface area contributed by atoms with Gasteiger partial charge in [0.15, 0.2) is 0 Å². The van der Waals surface area contributed by atoms with Crippen LogP contribution in [0.5, 0.6) is 5.75 Å². The van der Waals surface area contributed by atoms with Crippen LogP contribution in [0.15, 0.2) is 42.5 Å². The number of amides is 2. The summed E-state index contributed by atoms with van der Waals surface area (Å²) < 4.78 is 5.32. The molecule has 2 unspecified atom stereocenters. The van der Waals surface area contributed by atoms with E-state index in [9.17, 15) is 9.59 Å². The zero-order valence-corrected chi connectivity index (χ0v) is 16.0. The Bertz CT molecular complexity index is 827. The molecule has 142 valence electrons. The van der Waals surface area contributed by atoms with Crippen molar-refractivity contribution >= 4 is 17.5 Å². The van der Waals surface area contributed by atoms with Gasteiger partial charge in [0.25, 0.3) is 0 Å². The fourth-order valence-corrected chi connectivity index (χ4v) is 3.42. The first-order valence-electron chi connectivity index (χ1n) is 9.26. The summed E-state index contributed by atoms with van der Waals surface area (Å²) in [5.74, 6) is 0.227. The van der Waals surface area contributed by atoms with Gasteiger partial charge in [-0.3, -0.25) is 9.59 Å². The Balaban J connectivity index is 1.46. The van der Waals surface area contributed by atoms with Crippen LogP contribution in [0.1, 0.15) is 23.1 Å². The van der Waals surface area contributed by atoms with Crippen molar-refractivity contribution in [2.45, 2.75) is 26.7 Å². The lowest BCUT2D eigenvalue weighted by Gasteiger charge is -2.09. The SMILES string of the molecule is COc1ccccc1CCNC(=O)C1CC1C(=O)Nc1cc(C)cc(C)c1. The second kappa shape index (κ2) is 8.25. The number of carbonyl (C=O) groups is 2. The Labute approximate surface area is 160 Å². The molecular formula is C22H26N2O3. The Morgan fingerprint density at radius 2 is 1.70 bits per heavy atom. The van der Waals surface area contributed by atoms with E-state index in [0.717, 1.165) is 28.1 Å². The largest absolute Gasteiger partial charge is 0.496 e. The minimum Gasteiger partial charge on any atom is -0.496 e. The Morgan fingerprint density at radius 1 is 1.04 bits per heavy atom. The molecule has 0 aliphatic heterocycles. The topological polar surface area (TPSA) is 67.4 Å². The summed E-state index contributed by atoms with van der Waals surface area (Å²) >= 11 is 0. The monoisotopic (exact) mass is 366 g/mol. The summed E-state index contributed by atoms with van der Waals surface area (Å²) in [7, 11) is 1.64. The maximum atomic E-state index is 12.4. The van der Waals surface area contributed by atoms with E-state index >= 15 is 0 Å². The van der Waals surface area contributed by atoms with Crippen LogP contribution in [0.4, 0.5) is 5.69 Å². The predicted octanol–water partition coefficient (Wildman–Crippen LogP) is 3.25. The van der Waals surface area contributed by atoms with Gasteiger partial charge in [-0.25, -0.2) is 0 Å². The van der Waals surface area contributed by atoms with Gasteiger partial charge in [0.1, 0.15) is 5.75 Å². The molecule has 0 saturated heterocycles. The number of hydrogen-bond acceptors (Lipinski definition) is 3. The molecule has 27 heavy (non-hydrogen) atoms. The van der Waals surface area contributed by atoms with Gasteiger partial charge in [-0.1, -0.05) is 24.3 Å². The lowest BCUT2D eigenvalue weighted by atomic mass is 10.1. The highest BCUT2D eigenvalue weighted by Crippen LogP contribution is 2.39. The van der Waals surface area contributed by atoms with Gasteiger partial charge in [0.2, 0.25) is 11.8 Å². The maximum absolute atomic E-state index is 12.4. The van der Waals surface area contributed by atoms with Gasteiger partial charge < -0.3 is 15.4 Å². The fourth-order valence-electron chi connectivity index (χ4n) is 3.42. The molecule has 0 heterocycles. The summed E-state index contributed by atoms with van der Waals surface area (Å²) in [6, 6.07) is 13.7. The van der Waals surface area contributed by atoms with E-state index in [1.54, 1.807) is 7.11 Å². The lowest BCUT2D eigenvalue weighted by molar-refractivity contribution is -0.125. The zero-order chi connectivity index (χ0) is 19.4. The van der Waals surface area contributed by atoms with Crippen LogP contribution in [0.2, 0.25) is 0 Å². The van der Waals surface area contributed by atoms with Crippen LogP contribution in [0.3, 0.4) is 0 Å². The average Bonchev–Trinajstić information content (AvgIpc) is 3.42. The van der Waals surface area contributed by atoms with Crippen molar-refractivity contribution in [3.63, 3.8) is 0 Å². The third kappa shape index (κ3) is 4.88. The average molecular weight is 366 g/mol. The van der Waals surface area contributed by atoms with E-state index in [4.69, 9.17) is 4.74 Å². The number of anilines is 1. The molecule has 2 aromatic rings. The first-order chi connectivity index (χ1) is 13.0. The van der Waals surface area contributed by atoms with Crippen molar-refractivity contribution in [2.75, 3.05) is 19.0 Å². The number of para-hydroxylation sites is 1. The van der Waals surface area contributed by atoms with E-state index in [0.29, 0.717) is 19.4 Å². The highest BCUT2D eigenvalue weighted by atomic mass is 16.5. The third-order valence-electron chi connectivity index (χ3n) is 4.84. The van der Waals surface area contributed by atoms with Gasteiger partial charge >= 0.3 is 0 Å². The Kier molecular flexibility index (Phi) is 5.79. The number of hydrogen-bond donors (Lipinski definition) is 2. The summed E-state index contributed by atoms with van der Waals surface area (Å²) in [6.07, 6.45) is 1.30. The van der Waals surface area contributed by atoms with E-state index in [2.05, 4.69) is 16.7 Å². The molecule has 2 aromatic carbocycles. The number of methoxy groups -OCH3 is 1. The molecular weight excluding hydrogens is 340 g/mol. The van der Waals surface area contributed by atoms with E-state index in [-0.39, 0.29) is 23.7 Å². The minimum absolute atomic E-state index is 0.0505. The minimum atomic E-state index is -0.239. The van der Waals surface area contributed by atoms with E-state index in [1.165, 1.54) is 0 Å². The zero-order valence-electron chi connectivity index (χ0n) is 16.0. The smallest absolute Gasteiger partial charge is 0.228 e. The number of carbonyl (C=O) groups excluding carboxylic acids is 2. The number of rotatable bonds is 7. The van der Waals surface area contributed by atoms with Gasteiger partial charge in [-0.05, 0) is 61.6 Å². The quantitative estimate of drug-likeness (QED) is 0.790. The maximum Gasteiger partial charge on any atom is 0.228 e. The first-order valence-corrected chi connectivity index (χ1v) is 9.26. The molecule has 3 rings (SSSR count). The summed E-state index contributed by atoms with van der Waals surface area (Å²) in [5, 5.41) is 5.87. The standard InChI is InChI=1S/C22H26N2O3/c1-14-10-15(2)12-17(11-14)24-22(26)19-13-18(19)21(25)23-9-8-16-6-4-5-7-20(16)27-3/h4-7,10-12,18-19H,8-9,13H2,1-3H3,(H,23,25)(H,24,26). The number of nitrogens with one attached hydrogen (secondary N) is 2. The summed E-state index contributed by atoms with van der Waals surface area (Å²) in [5.41, 5.74) is 4.05. The molecule has 2 atom stereocenters. The molecule has 2 N–H and O–H groups in total. The normalized spacial score (nSPS) is 17.9. The lowest BCUT2D eigenvalue weighted by Crippen LogP contribution is -2.29. The predicted molar refractivity (Wildman–Crippen MR) is 106 cm³/mol. The first kappa shape index (κ1) is 19.0. The molecule has 1 aliphatic carbocycles.